The number of rotatable bonds is 4. The number of hydrogen-bond donors (Lipinski definition) is 1. The van der Waals surface area contributed by atoms with Crippen LogP contribution in [0.15, 0.2) is 15.9 Å². The second-order valence-corrected chi connectivity index (χ2v) is 6.31. The molecule has 1 heterocycles. The number of nitrogens with one attached hydrogen (secondary N) is 1. The molecule has 1 aliphatic carbocycles. The van der Waals surface area contributed by atoms with Crippen LogP contribution in [-0.4, -0.2) is 6.54 Å². The van der Waals surface area contributed by atoms with E-state index in [2.05, 4.69) is 39.6 Å². The predicted octanol–water partition coefficient (Wildman–Crippen LogP) is 4.35. The topological polar surface area (TPSA) is 12.0 Å². The molecular weight excluding hydrogens is 270 g/mol. The summed E-state index contributed by atoms with van der Waals surface area (Å²) in [5, 5.41) is 5.80. The smallest absolute Gasteiger partial charge is 0.0386 e. The van der Waals surface area contributed by atoms with Gasteiger partial charge in [-0.05, 0) is 54.2 Å². The Bertz CT molecular complexity index is 304. The van der Waals surface area contributed by atoms with E-state index >= 15 is 0 Å². The van der Waals surface area contributed by atoms with Crippen molar-refractivity contribution in [2.45, 2.75) is 38.6 Å². The maximum absolute atomic E-state index is 3.64. The third-order valence-corrected chi connectivity index (χ3v) is 5.08. The zero-order chi connectivity index (χ0) is 10.7. The van der Waals surface area contributed by atoms with Crippen LogP contribution in [0.1, 0.15) is 43.5 Å². The van der Waals surface area contributed by atoms with Gasteiger partial charge in [-0.15, -0.1) is 11.3 Å². The third-order valence-electron chi connectivity index (χ3n) is 3.20. The molecule has 0 amide bonds. The van der Waals surface area contributed by atoms with Crippen molar-refractivity contribution in [2.24, 2.45) is 5.92 Å². The van der Waals surface area contributed by atoms with Crippen molar-refractivity contribution in [2.75, 3.05) is 6.54 Å². The van der Waals surface area contributed by atoms with Gasteiger partial charge in [0.1, 0.15) is 0 Å². The minimum absolute atomic E-state index is 0.502. The Morgan fingerprint density at radius 1 is 1.53 bits per heavy atom. The molecule has 1 saturated carbocycles. The lowest BCUT2D eigenvalue weighted by atomic mass is 10.1. The van der Waals surface area contributed by atoms with Gasteiger partial charge in [0.2, 0.25) is 0 Å². The van der Waals surface area contributed by atoms with Crippen molar-refractivity contribution >= 4 is 27.3 Å². The summed E-state index contributed by atoms with van der Waals surface area (Å²) >= 11 is 5.33. The van der Waals surface area contributed by atoms with Crippen LogP contribution in [0, 0.1) is 5.92 Å². The maximum Gasteiger partial charge on any atom is 0.0386 e. The highest BCUT2D eigenvalue weighted by Crippen LogP contribution is 2.27. The van der Waals surface area contributed by atoms with Gasteiger partial charge < -0.3 is 5.32 Å². The van der Waals surface area contributed by atoms with E-state index in [1.807, 2.05) is 11.3 Å². The van der Waals surface area contributed by atoms with E-state index in [1.54, 1.807) is 0 Å². The zero-order valence-electron chi connectivity index (χ0n) is 9.13. The van der Waals surface area contributed by atoms with Crippen LogP contribution in [0.5, 0.6) is 0 Å². The monoisotopic (exact) mass is 287 g/mol. The van der Waals surface area contributed by atoms with Gasteiger partial charge >= 0.3 is 0 Å². The van der Waals surface area contributed by atoms with E-state index in [4.69, 9.17) is 0 Å². The Morgan fingerprint density at radius 3 is 2.87 bits per heavy atom. The van der Waals surface area contributed by atoms with Gasteiger partial charge in [-0.3, -0.25) is 0 Å². The molecule has 0 aliphatic heterocycles. The van der Waals surface area contributed by atoms with Crippen LogP contribution >= 0.6 is 27.3 Å². The van der Waals surface area contributed by atoms with Crippen LogP contribution in [0.4, 0.5) is 0 Å². The lowest BCUT2D eigenvalue weighted by Gasteiger charge is -2.15. The first kappa shape index (κ1) is 11.6. The third kappa shape index (κ3) is 3.30. The maximum atomic E-state index is 3.64. The van der Waals surface area contributed by atoms with Gasteiger partial charge in [0.15, 0.2) is 0 Å². The minimum atomic E-state index is 0.502. The molecule has 1 N–H and O–H groups in total. The molecule has 0 spiro atoms. The summed E-state index contributed by atoms with van der Waals surface area (Å²) in [7, 11) is 0. The highest BCUT2D eigenvalue weighted by molar-refractivity contribution is 9.10. The van der Waals surface area contributed by atoms with Gasteiger partial charge in [-0.25, -0.2) is 0 Å². The quantitative estimate of drug-likeness (QED) is 0.868. The highest BCUT2D eigenvalue weighted by atomic mass is 79.9. The first-order valence-electron chi connectivity index (χ1n) is 5.73. The Kier molecular flexibility index (Phi) is 4.23. The molecule has 0 radical (unpaired) electrons. The highest BCUT2D eigenvalue weighted by Gasteiger charge is 2.16. The van der Waals surface area contributed by atoms with E-state index < -0.39 is 0 Å². The average molecular weight is 288 g/mol. The fourth-order valence-corrected chi connectivity index (χ4v) is 3.69. The lowest BCUT2D eigenvalue weighted by molar-refractivity contribution is 0.455. The molecule has 3 heteroatoms. The van der Waals surface area contributed by atoms with Crippen molar-refractivity contribution in [3.05, 3.63) is 20.8 Å². The molecule has 1 aromatic rings. The van der Waals surface area contributed by atoms with Gasteiger partial charge in [-0.2, -0.15) is 0 Å². The number of hydrogen-bond acceptors (Lipinski definition) is 2. The van der Waals surface area contributed by atoms with E-state index in [0.29, 0.717) is 6.04 Å². The lowest BCUT2D eigenvalue weighted by Crippen LogP contribution is -2.23. The zero-order valence-corrected chi connectivity index (χ0v) is 11.5. The molecule has 1 aromatic heterocycles. The first-order valence-corrected chi connectivity index (χ1v) is 7.40. The van der Waals surface area contributed by atoms with Crippen molar-refractivity contribution in [1.29, 1.82) is 0 Å². The van der Waals surface area contributed by atoms with Crippen LogP contribution in [0.2, 0.25) is 0 Å². The van der Waals surface area contributed by atoms with E-state index in [0.717, 1.165) is 5.92 Å². The minimum Gasteiger partial charge on any atom is -0.309 e. The average Bonchev–Trinajstić information content (AvgIpc) is 2.84. The largest absolute Gasteiger partial charge is 0.309 e. The number of halogens is 1. The standard InChI is InChI=1S/C12H18BrNS/c1-9(12-6-11(13)8-15-12)14-7-10-4-2-3-5-10/h6,8-10,14H,2-5,7H2,1H3. The molecule has 1 nitrogen and oxygen atoms in total. The number of thiophene rings is 1. The fraction of sp³-hybridized carbons (Fsp3) is 0.667. The molecule has 0 bridgehead atoms. The predicted molar refractivity (Wildman–Crippen MR) is 70.4 cm³/mol. The summed E-state index contributed by atoms with van der Waals surface area (Å²) in [5.74, 6) is 0.927. The second kappa shape index (κ2) is 5.46. The van der Waals surface area contributed by atoms with E-state index in [-0.39, 0.29) is 0 Å². The SMILES string of the molecule is CC(NCC1CCCC1)c1cc(Br)cs1. The summed E-state index contributed by atoms with van der Waals surface area (Å²) in [5.41, 5.74) is 0. The van der Waals surface area contributed by atoms with E-state index in [1.165, 1.54) is 41.6 Å². The fourth-order valence-electron chi connectivity index (χ4n) is 2.21. The Morgan fingerprint density at radius 2 is 2.27 bits per heavy atom. The second-order valence-electron chi connectivity index (χ2n) is 4.45. The first-order chi connectivity index (χ1) is 7.25. The van der Waals surface area contributed by atoms with Crippen molar-refractivity contribution in [3.63, 3.8) is 0 Å². The summed E-state index contributed by atoms with van der Waals surface area (Å²) < 4.78 is 1.21. The molecule has 1 unspecified atom stereocenters. The molecule has 0 aromatic carbocycles. The summed E-state index contributed by atoms with van der Waals surface area (Å²) in [6.07, 6.45) is 5.72. The molecule has 1 aliphatic rings. The molecule has 1 atom stereocenters. The summed E-state index contributed by atoms with van der Waals surface area (Å²) in [6, 6.07) is 2.72. The molecule has 84 valence electrons. The van der Waals surface area contributed by atoms with Crippen LogP contribution < -0.4 is 5.32 Å². The normalized spacial score (nSPS) is 19.6. The summed E-state index contributed by atoms with van der Waals surface area (Å²) in [6.45, 7) is 3.45. The van der Waals surface area contributed by atoms with Crippen molar-refractivity contribution in [1.82, 2.24) is 5.32 Å². The Labute approximate surface area is 104 Å². The van der Waals surface area contributed by atoms with E-state index in [9.17, 15) is 0 Å². The molecule has 0 saturated heterocycles. The Balaban J connectivity index is 1.79. The molecule has 1 fully saturated rings. The summed E-state index contributed by atoms with van der Waals surface area (Å²) in [4.78, 5) is 1.43. The van der Waals surface area contributed by atoms with Crippen LogP contribution in [0.25, 0.3) is 0 Å². The van der Waals surface area contributed by atoms with Gasteiger partial charge in [0, 0.05) is 20.8 Å². The molecular formula is C12H18BrNS. The van der Waals surface area contributed by atoms with Crippen LogP contribution in [-0.2, 0) is 0 Å². The Hall–Kier alpha value is 0.140. The molecule has 15 heavy (non-hydrogen) atoms. The van der Waals surface area contributed by atoms with Gasteiger partial charge in [0.05, 0.1) is 0 Å². The van der Waals surface area contributed by atoms with Gasteiger partial charge in [-0.1, -0.05) is 12.8 Å². The van der Waals surface area contributed by atoms with Crippen LogP contribution in [0.3, 0.4) is 0 Å². The van der Waals surface area contributed by atoms with Crippen molar-refractivity contribution < 1.29 is 0 Å². The molecule has 2 rings (SSSR count). The van der Waals surface area contributed by atoms with Crippen molar-refractivity contribution in [3.8, 4) is 0 Å². The van der Waals surface area contributed by atoms with Gasteiger partial charge in [0.25, 0.3) is 0 Å².